The molecule has 3 aromatic rings. The number of piperidine rings is 1. The molecule has 1 N–H and O–H groups in total. The Morgan fingerprint density at radius 2 is 2.08 bits per heavy atom. The second-order valence-electron chi connectivity index (χ2n) is 6.73. The van der Waals surface area contributed by atoms with E-state index in [9.17, 15) is 4.79 Å². The summed E-state index contributed by atoms with van der Waals surface area (Å²) in [5.74, 6) is 1.32. The number of benzene rings is 1. The monoisotopic (exact) mass is 346 g/mol. The fraction of sp³-hybridized carbons (Fsp3) is 0.286. The zero-order valence-corrected chi connectivity index (χ0v) is 14.9. The second kappa shape index (κ2) is 7.12. The first kappa shape index (κ1) is 16.5. The standard InChI is InChI=1S/C21H22N4O/c1-22-20-13-15(8-10-24-20)18-5-3-11-25(14-18)21(26)17-6-7-19-16(12-17)4-2-9-23-19/h2,4,6-10,12-13,18H,3,5,11,14H2,1H3,(H,22,24). The third kappa shape index (κ3) is 3.25. The maximum absolute atomic E-state index is 13.0. The molecule has 1 aromatic carbocycles. The van der Waals surface area contributed by atoms with Gasteiger partial charge in [0.1, 0.15) is 5.82 Å². The van der Waals surface area contributed by atoms with Gasteiger partial charge >= 0.3 is 0 Å². The van der Waals surface area contributed by atoms with Crippen LogP contribution in [0.3, 0.4) is 0 Å². The van der Waals surface area contributed by atoms with Crippen molar-refractivity contribution in [3.63, 3.8) is 0 Å². The van der Waals surface area contributed by atoms with Gasteiger partial charge in [-0.05, 0) is 54.8 Å². The third-order valence-corrected chi connectivity index (χ3v) is 5.07. The summed E-state index contributed by atoms with van der Waals surface area (Å²) in [5, 5.41) is 4.09. The summed E-state index contributed by atoms with van der Waals surface area (Å²) in [5.41, 5.74) is 2.89. The number of carbonyl (C=O) groups is 1. The number of aromatic nitrogens is 2. The van der Waals surface area contributed by atoms with E-state index in [4.69, 9.17) is 0 Å². The lowest BCUT2D eigenvalue weighted by atomic mass is 9.90. The molecule has 1 saturated heterocycles. The van der Waals surface area contributed by atoms with Crippen LogP contribution in [0.1, 0.15) is 34.7 Å². The average Bonchev–Trinajstić information content (AvgIpc) is 2.73. The number of nitrogens with zero attached hydrogens (tertiary/aromatic N) is 3. The quantitative estimate of drug-likeness (QED) is 0.786. The van der Waals surface area contributed by atoms with E-state index < -0.39 is 0 Å². The van der Waals surface area contributed by atoms with Crippen molar-refractivity contribution in [2.75, 3.05) is 25.5 Å². The first-order valence-electron chi connectivity index (χ1n) is 9.02. The average molecular weight is 346 g/mol. The number of pyridine rings is 2. The molecular formula is C21H22N4O. The Bertz CT molecular complexity index is 940. The van der Waals surface area contributed by atoms with E-state index in [2.05, 4.69) is 27.4 Å². The molecule has 4 rings (SSSR count). The molecule has 26 heavy (non-hydrogen) atoms. The molecule has 0 radical (unpaired) electrons. The molecule has 3 heterocycles. The van der Waals surface area contributed by atoms with E-state index >= 15 is 0 Å². The van der Waals surface area contributed by atoms with Crippen molar-refractivity contribution >= 4 is 22.6 Å². The number of amides is 1. The zero-order chi connectivity index (χ0) is 17.9. The molecule has 0 spiro atoms. The molecule has 132 valence electrons. The second-order valence-corrected chi connectivity index (χ2v) is 6.73. The molecule has 1 unspecified atom stereocenters. The molecule has 0 aliphatic carbocycles. The molecule has 1 amide bonds. The molecule has 5 heteroatoms. The lowest BCUT2D eigenvalue weighted by Gasteiger charge is -2.33. The highest BCUT2D eigenvalue weighted by Gasteiger charge is 2.25. The summed E-state index contributed by atoms with van der Waals surface area (Å²) < 4.78 is 0. The van der Waals surface area contributed by atoms with Gasteiger partial charge in [0, 0.05) is 49.4 Å². The van der Waals surface area contributed by atoms with Crippen LogP contribution in [0, 0.1) is 0 Å². The summed E-state index contributed by atoms with van der Waals surface area (Å²) in [6, 6.07) is 13.8. The van der Waals surface area contributed by atoms with E-state index in [0.29, 0.717) is 5.92 Å². The lowest BCUT2D eigenvalue weighted by molar-refractivity contribution is 0.0707. The normalized spacial score (nSPS) is 17.3. The Kier molecular flexibility index (Phi) is 4.52. The highest BCUT2D eigenvalue weighted by Crippen LogP contribution is 2.29. The maximum atomic E-state index is 13.0. The number of carbonyl (C=O) groups excluding carboxylic acids is 1. The molecule has 2 aromatic heterocycles. The minimum Gasteiger partial charge on any atom is -0.373 e. The zero-order valence-electron chi connectivity index (χ0n) is 14.9. The van der Waals surface area contributed by atoms with Crippen LogP contribution in [-0.2, 0) is 0 Å². The number of hydrogen-bond acceptors (Lipinski definition) is 4. The Balaban J connectivity index is 1.55. The van der Waals surface area contributed by atoms with Crippen molar-refractivity contribution in [1.82, 2.24) is 14.9 Å². The number of rotatable bonds is 3. The van der Waals surface area contributed by atoms with Crippen LogP contribution in [0.25, 0.3) is 10.9 Å². The largest absolute Gasteiger partial charge is 0.373 e. The Hall–Kier alpha value is -2.95. The molecular weight excluding hydrogens is 324 g/mol. The van der Waals surface area contributed by atoms with Gasteiger partial charge in [-0.2, -0.15) is 0 Å². The van der Waals surface area contributed by atoms with Crippen molar-refractivity contribution in [3.8, 4) is 0 Å². The van der Waals surface area contributed by atoms with Crippen LogP contribution in [-0.4, -0.2) is 40.9 Å². The molecule has 1 fully saturated rings. The number of hydrogen-bond donors (Lipinski definition) is 1. The van der Waals surface area contributed by atoms with Gasteiger partial charge in [-0.25, -0.2) is 4.98 Å². The lowest BCUT2D eigenvalue weighted by Crippen LogP contribution is -2.39. The summed E-state index contributed by atoms with van der Waals surface area (Å²) in [4.78, 5) is 23.6. The van der Waals surface area contributed by atoms with E-state index in [1.54, 1.807) is 6.20 Å². The van der Waals surface area contributed by atoms with Gasteiger partial charge in [0.25, 0.3) is 5.91 Å². The van der Waals surface area contributed by atoms with Crippen LogP contribution in [0.2, 0.25) is 0 Å². The summed E-state index contributed by atoms with van der Waals surface area (Å²) >= 11 is 0. The molecule has 0 bridgehead atoms. The van der Waals surface area contributed by atoms with E-state index in [1.165, 1.54) is 5.56 Å². The van der Waals surface area contributed by atoms with Gasteiger partial charge < -0.3 is 10.2 Å². The first-order chi connectivity index (χ1) is 12.7. The number of nitrogens with one attached hydrogen (secondary N) is 1. The Labute approximate surface area is 153 Å². The Morgan fingerprint density at radius 1 is 1.15 bits per heavy atom. The van der Waals surface area contributed by atoms with Crippen molar-refractivity contribution < 1.29 is 4.79 Å². The van der Waals surface area contributed by atoms with Crippen molar-refractivity contribution in [2.45, 2.75) is 18.8 Å². The van der Waals surface area contributed by atoms with E-state index in [0.717, 1.165) is 48.2 Å². The van der Waals surface area contributed by atoms with Crippen LogP contribution in [0.15, 0.2) is 54.9 Å². The first-order valence-corrected chi connectivity index (χ1v) is 9.02. The highest BCUT2D eigenvalue weighted by atomic mass is 16.2. The molecule has 5 nitrogen and oxygen atoms in total. The van der Waals surface area contributed by atoms with Gasteiger partial charge in [-0.15, -0.1) is 0 Å². The van der Waals surface area contributed by atoms with Gasteiger partial charge in [-0.3, -0.25) is 9.78 Å². The van der Waals surface area contributed by atoms with Crippen LogP contribution in [0.4, 0.5) is 5.82 Å². The van der Waals surface area contributed by atoms with Gasteiger partial charge in [0.15, 0.2) is 0 Å². The molecule has 0 saturated carbocycles. The number of anilines is 1. The third-order valence-electron chi connectivity index (χ3n) is 5.07. The van der Waals surface area contributed by atoms with Crippen LogP contribution in [0.5, 0.6) is 0 Å². The van der Waals surface area contributed by atoms with Crippen molar-refractivity contribution in [3.05, 3.63) is 66.0 Å². The SMILES string of the molecule is CNc1cc(C2CCCN(C(=O)c3ccc4ncccc4c3)C2)ccn1. The minimum absolute atomic E-state index is 0.100. The fourth-order valence-corrected chi connectivity index (χ4v) is 3.66. The van der Waals surface area contributed by atoms with Crippen molar-refractivity contribution in [1.29, 1.82) is 0 Å². The van der Waals surface area contributed by atoms with Crippen LogP contribution < -0.4 is 5.32 Å². The number of likely N-dealkylation sites (tertiary alicyclic amines) is 1. The summed E-state index contributed by atoms with van der Waals surface area (Å²) in [6.07, 6.45) is 5.72. The topological polar surface area (TPSA) is 58.1 Å². The van der Waals surface area contributed by atoms with Gasteiger partial charge in [0.05, 0.1) is 5.52 Å². The van der Waals surface area contributed by atoms with E-state index in [-0.39, 0.29) is 5.91 Å². The van der Waals surface area contributed by atoms with Gasteiger partial charge in [-0.1, -0.05) is 6.07 Å². The highest BCUT2D eigenvalue weighted by molar-refractivity contribution is 5.98. The van der Waals surface area contributed by atoms with Gasteiger partial charge in [0.2, 0.25) is 0 Å². The fourth-order valence-electron chi connectivity index (χ4n) is 3.66. The smallest absolute Gasteiger partial charge is 0.253 e. The molecule has 1 atom stereocenters. The predicted octanol–water partition coefficient (Wildman–Crippen LogP) is 3.69. The summed E-state index contributed by atoms with van der Waals surface area (Å²) in [6.45, 7) is 1.56. The van der Waals surface area contributed by atoms with E-state index in [1.807, 2.05) is 48.5 Å². The molecule has 1 aliphatic heterocycles. The van der Waals surface area contributed by atoms with Crippen LogP contribution >= 0.6 is 0 Å². The number of fused-ring (bicyclic) bond motifs is 1. The summed E-state index contributed by atoms with van der Waals surface area (Å²) in [7, 11) is 1.87. The molecule has 1 aliphatic rings. The Morgan fingerprint density at radius 3 is 2.96 bits per heavy atom. The van der Waals surface area contributed by atoms with Crippen molar-refractivity contribution in [2.24, 2.45) is 0 Å². The predicted molar refractivity (Wildman–Crippen MR) is 103 cm³/mol. The maximum Gasteiger partial charge on any atom is 0.253 e. The minimum atomic E-state index is 0.100.